The normalized spacial score (nSPS) is 11.8. The number of carbonyl (C=O) groups is 1. The van der Waals surface area contributed by atoms with Crippen LogP contribution >= 0.6 is 22.6 Å². The number of halogens is 6. The predicted octanol–water partition coefficient (Wildman–Crippen LogP) is 3.43. The Morgan fingerprint density at radius 3 is 2.39 bits per heavy atom. The summed E-state index contributed by atoms with van der Waals surface area (Å²) in [6.45, 7) is 0. The Balaban J connectivity index is 3.55. The molecule has 0 aliphatic heterocycles. The minimum atomic E-state index is -4.88. The number of hydrogen-bond donors (Lipinski definition) is 0. The zero-order valence-corrected chi connectivity index (χ0v) is 10.8. The zero-order valence-electron chi connectivity index (χ0n) is 8.69. The van der Waals surface area contributed by atoms with Crippen LogP contribution in [-0.4, -0.2) is 18.1 Å². The average molecular weight is 381 g/mol. The average Bonchev–Trinajstić information content (AvgIpc) is 2.24. The number of alkyl halides is 5. The van der Waals surface area contributed by atoms with Crippen LogP contribution in [0.2, 0.25) is 0 Å². The van der Waals surface area contributed by atoms with Gasteiger partial charge >= 0.3 is 12.1 Å². The molecule has 0 aliphatic rings. The fraction of sp³-hybridized carbons (Fsp3) is 0.333. The highest BCUT2D eigenvalue weighted by Crippen LogP contribution is 2.36. The van der Waals surface area contributed by atoms with Gasteiger partial charge < -0.3 is 4.74 Å². The molecule has 1 rings (SSSR count). The molecule has 0 bridgehead atoms. The molecule has 0 aromatic carbocycles. The molecule has 3 nitrogen and oxygen atoms in total. The monoisotopic (exact) mass is 381 g/mol. The molecular formula is C9H5F5INO2. The van der Waals surface area contributed by atoms with Gasteiger partial charge in [-0.1, -0.05) is 0 Å². The first kappa shape index (κ1) is 15.1. The van der Waals surface area contributed by atoms with Crippen molar-refractivity contribution in [2.45, 2.75) is 12.6 Å². The molecule has 0 N–H and O–H groups in total. The maximum absolute atomic E-state index is 12.7. The number of pyridine rings is 1. The van der Waals surface area contributed by atoms with E-state index in [1.807, 2.05) is 0 Å². The Kier molecular flexibility index (Phi) is 4.46. The summed E-state index contributed by atoms with van der Waals surface area (Å²) in [5, 5.41) is 0. The van der Waals surface area contributed by atoms with E-state index in [9.17, 15) is 26.7 Å². The van der Waals surface area contributed by atoms with E-state index >= 15 is 0 Å². The summed E-state index contributed by atoms with van der Waals surface area (Å²) < 4.78 is 66.5. The van der Waals surface area contributed by atoms with Gasteiger partial charge in [-0.3, -0.25) is 0 Å². The number of rotatable bonds is 2. The first-order valence-electron chi connectivity index (χ1n) is 4.32. The molecule has 1 heterocycles. The predicted molar refractivity (Wildman–Crippen MR) is 58.3 cm³/mol. The van der Waals surface area contributed by atoms with Crippen LogP contribution in [0.3, 0.4) is 0 Å². The molecule has 1 aromatic heterocycles. The molecule has 0 atom stereocenters. The van der Waals surface area contributed by atoms with Crippen molar-refractivity contribution in [3.05, 3.63) is 26.6 Å². The summed E-state index contributed by atoms with van der Waals surface area (Å²) in [5.74, 6) is -1.41. The SMILES string of the molecule is COC(=O)c1nc(C(F)F)cc(I)c1C(F)(F)F. The first-order valence-corrected chi connectivity index (χ1v) is 5.40. The van der Waals surface area contributed by atoms with E-state index in [2.05, 4.69) is 9.72 Å². The highest BCUT2D eigenvalue weighted by molar-refractivity contribution is 14.1. The van der Waals surface area contributed by atoms with Gasteiger partial charge in [0.1, 0.15) is 11.3 Å². The smallest absolute Gasteiger partial charge is 0.419 e. The van der Waals surface area contributed by atoms with E-state index in [0.29, 0.717) is 6.07 Å². The number of hydrogen-bond acceptors (Lipinski definition) is 3. The second kappa shape index (κ2) is 5.33. The van der Waals surface area contributed by atoms with Crippen molar-refractivity contribution in [2.24, 2.45) is 0 Å². The van der Waals surface area contributed by atoms with E-state index in [1.165, 1.54) is 22.6 Å². The molecular weight excluding hydrogens is 376 g/mol. The fourth-order valence-corrected chi connectivity index (χ4v) is 2.04. The second-order valence-electron chi connectivity index (χ2n) is 3.04. The largest absolute Gasteiger partial charge is 0.464 e. The summed E-state index contributed by atoms with van der Waals surface area (Å²) >= 11 is 1.22. The van der Waals surface area contributed by atoms with Crippen LogP contribution in [0.1, 0.15) is 28.2 Å². The number of aromatic nitrogens is 1. The number of ether oxygens (including phenoxy) is 1. The van der Waals surface area contributed by atoms with Gasteiger partial charge in [0, 0.05) is 3.57 Å². The van der Waals surface area contributed by atoms with Crippen molar-refractivity contribution in [3.8, 4) is 0 Å². The zero-order chi connectivity index (χ0) is 14.1. The molecule has 0 saturated heterocycles. The number of esters is 1. The molecule has 1 aromatic rings. The Morgan fingerprint density at radius 1 is 1.44 bits per heavy atom. The summed E-state index contributed by atoms with van der Waals surface area (Å²) in [7, 11) is 0.839. The Labute approximate surface area is 111 Å². The van der Waals surface area contributed by atoms with Gasteiger partial charge in [0.25, 0.3) is 6.43 Å². The van der Waals surface area contributed by atoms with Gasteiger partial charge in [-0.05, 0) is 28.7 Å². The van der Waals surface area contributed by atoms with Crippen LogP contribution < -0.4 is 0 Å². The standard InChI is InChI=1S/C9H5F5INO2/c1-18-8(17)6-5(9(12,13)14)3(15)2-4(16-6)7(10)11/h2,7H,1H3. The summed E-state index contributed by atoms with van der Waals surface area (Å²) in [4.78, 5) is 14.2. The summed E-state index contributed by atoms with van der Waals surface area (Å²) in [6, 6.07) is 0.584. The van der Waals surface area contributed by atoms with E-state index in [-0.39, 0.29) is 0 Å². The highest BCUT2D eigenvalue weighted by Gasteiger charge is 2.40. The quantitative estimate of drug-likeness (QED) is 0.448. The minimum absolute atomic E-state index is 0.536. The lowest BCUT2D eigenvalue weighted by atomic mass is 10.1. The third-order valence-electron chi connectivity index (χ3n) is 1.88. The minimum Gasteiger partial charge on any atom is -0.464 e. The lowest BCUT2D eigenvalue weighted by Crippen LogP contribution is -2.19. The fourth-order valence-electron chi connectivity index (χ4n) is 1.16. The van der Waals surface area contributed by atoms with Crippen LogP contribution in [0.15, 0.2) is 6.07 Å². The van der Waals surface area contributed by atoms with Crippen molar-refractivity contribution in [1.82, 2.24) is 4.98 Å². The van der Waals surface area contributed by atoms with E-state index in [4.69, 9.17) is 0 Å². The molecule has 0 unspecified atom stereocenters. The van der Waals surface area contributed by atoms with Crippen LogP contribution in [0.25, 0.3) is 0 Å². The summed E-state index contributed by atoms with van der Waals surface area (Å²) in [6.07, 6.45) is -7.96. The molecule has 0 radical (unpaired) electrons. The van der Waals surface area contributed by atoms with Gasteiger partial charge in [0.2, 0.25) is 0 Å². The third kappa shape index (κ3) is 3.06. The molecule has 0 fully saturated rings. The van der Waals surface area contributed by atoms with Crippen LogP contribution in [0, 0.1) is 3.57 Å². The Bertz CT molecular complexity index is 475. The Hall–Kier alpha value is -1.00. The van der Waals surface area contributed by atoms with E-state index < -0.39 is 39.1 Å². The molecule has 100 valence electrons. The number of carbonyl (C=O) groups excluding carboxylic acids is 1. The molecule has 18 heavy (non-hydrogen) atoms. The van der Waals surface area contributed by atoms with Gasteiger partial charge in [-0.25, -0.2) is 18.6 Å². The maximum Gasteiger partial charge on any atom is 0.419 e. The highest BCUT2D eigenvalue weighted by atomic mass is 127. The third-order valence-corrected chi connectivity index (χ3v) is 2.73. The molecule has 0 amide bonds. The molecule has 9 heteroatoms. The van der Waals surface area contributed by atoms with Crippen LogP contribution in [0.4, 0.5) is 22.0 Å². The van der Waals surface area contributed by atoms with Crippen LogP contribution in [0.5, 0.6) is 0 Å². The number of methoxy groups -OCH3 is 1. The first-order chi connectivity index (χ1) is 8.18. The van der Waals surface area contributed by atoms with Crippen molar-refractivity contribution in [3.63, 3.8) is 0 Å². The van der Waals surface area contributed by atoms with E-state index in [1.54, 1.807) is 0 Å². The van der Waals surface area contributed by atoms with Crippen molar-refractivity contribution in [1.29, 1.82) is 0 Å². The summed E-state index contributed by atoms with van der Waals surface area (Å²) in [5.41, 5.74) is -3.45. The van der Waals surface area contributed by atoms with Crippen molar-refractivity contribution in [2.75, 3.05) is 7.11 Å². The van der Waals surface area contributed by atoms with E-state index in [0.717, 1.165) is 7.11 Å². The van der Waals surface area contributed by atoms with Crippen LogP contribution in [-0.2, 0) is 10.9 Å². The lowest BCUT2D eigenvalue weighted by molar-refractivity contribution is -0.139. The van der Waals surface area contributed by atoms with Gasteiger partial charge in [-0.2, -0.15) is 13.2 Å². The molecule has 0 saturated carbocycles. The van der Waals surface area contributed by atoms with Gasteiger partial charge in [0.05, 0.1) is 7.11 Å². The van der Waals surface area contributed by atoms with Crippen molar-refractivity contribution < 1.29 is 31.5 Å². The second-order valence-corrected chi connectivity index (χ2v) is 4.20. The topological polar surface area (TPSA) is 39.2 Å². The van der Waals surface area contributed by atoms with Gasteiger partial charge in [-0.15, -0.1) is 0 Å². The Morgan fingerprint density at radius 2 is 2.00 bits per heavy atom. The number of nitrogens with zero attached hydrogens (tertiary/aromatic N) is 1. The maximum atomic E-state index is 12.7. The van der Waals surface area contributed by atoms with Crippen molar-refractivity contribution >= 4 is 28.6 Å². The molecule has 0 spiro atoms. The molecule has 0 aliphatic carbocycles. The van der Waals surface area contributed by atoms with Gasteiger partial charge in [0.15, 0.2) is 5.69 Å². The lowest BCUT2D eigenvalue weighted by Gasteiger charge is -2.14.